The molecule has 1 aromatic carbocycles. The number of halogens is 2. The number of ether oxygens (including phenoxy) is 1. The first-order chi connectivity index (χ1) is 13.2. The Hall–Kier alpha value is -2.62. The summed E-state index contributed by atoms with van der Waals surface area (Å²) in [5.74, 6) is 0.352. The molecule has 0 spiro atoms. The maximum atomic E-state index is 12.0. The van der Waals surface area contributed by atoms with Crippen molar-refractivity contribution >= 4 is 29.1 Å². The highest BCUT2D eigenvalue weighted by Gasteiger charge is 2.21. The SMILES string of the molecule is Cc1nn(-c2cc(Cl)c(OC3=NNC(O)C(C(C)C)=C3)c(Cl)c2)c(=O)[nH]c1=O. The predicted octanol–water partition coefficient (Wildman–Crippen LogP) is 1.73. The maximum absolute atomic E-state index is 12.0. The summed E-state index contributed by atoms with van der Waals surface area (Å²) >= 11 is 12.6. The number of aromatic amines is 1. The molecule has 0 bridgehead atoms. The fourth-order valence-corrected chi connectivity index (χ4v) is 3.07. The summed E-state index contributed by atoms with van der Waals surface area (Å²) in [7, 11) is 0. The van der Waals surface area contributed by atoms with Crippen LogP contribution in [0.25, 0.3) is 5.69 Å². The van der Waals surface area contributed by atoms with Gasteiger partial charge in [-0.3, -0.25) is 15.2 Å². The highest BCUT2D eigenvalue weighted by Crippen LogP contribution is 2.35. The molecule has 148 valence electrons. The van der Waals surface area contributed by atoms with Crippen LogP contribution in [0.4, 0.5) is 0 Å². The fourth-order valence-electron chi connectivity index (χ4n) is 2.51. The fraction of sp³-hybridized carbons (Fsp3) is 0.294. The smallest absolute Gasteiger partial charge is 0.349 e. The number of aliphatic hydroxyl groups is 1. The standard InChI is InChI=1S/C17H17Cl2N5O4/c1-7(2)10-6-13(21-22-16(10)26)28-14-11(18)4-9(5-12(14)19)24-17(27)20-15(25)8(3)23-24/h4-7,16,22,26H,1-3H3,(H,20,25,27). The second-order valence-electron chi connectivity index (χ2n) is 6.38. The molecule has 0 fully saturated rings. The number of aryl methyl sites for hydroxylation is 1. The molecule has 1 aliphatic rings. The Morgan fingerprint density at radius 2 is 1.89 bits per heavy atom. The zero-order valence-corrected chi connectivity index (χ0v) is 16.7. The van der Waals surface area contributed by atoms with Crippen molar-refractivity contribution < 1.29 is 9.84 Å². The molecule has 3 rings (SSSR count). The molecule has 28 heavy (non-hydrogen) atoms. The first-order valence-electron chi connectivity index (χ1n) is 8.27. The van der Waals surface area contributed by atoms with Gasteiger partial charge in [0.05, 0.1) is 15.7 Å². The molecule has 0 saturated heterocycles. The van der Waals surface area contributed by atoms with Gasteiger partial charge >= 0.3 is 5.69 Å². The Bertz CT molecular complexity index is 1080. The van der Waals surface area contributed by atoms with Crippen molar-refractivity contribution in [3.63, 3.8) is 0 Å². The van der Waals surface area contributed by atoms with E-state index in [0.717, 1.165) is 4.68 Å². The van der Waals surface area contributed by atoms with Crippen LogP contribution in [0.3, 0.4) is 0 Å². The van der Waals surface area contributed by atoms with E-state index in [9.17, 15) is 14.7 Å². The number of hydrogen-bond acceptors (Lipinski definition) is 7. The topological polar surface area (TPSA) is 122 Å². The molecule has 0 amide bonds. The first kappa shape index (κ1) is 20.1. The van der Waals surface area contributed by atoms with E-state index in [1.54, 1.807) is 6.08 Å². The Labute approximate surface area is 169 Å². The van der Waals surface area contributed by atoms with Gasteiger partial charge in [-0.05, 0) is 30.5 Å². The van der Waals surface area contributed by atoms with Crippen molar-refractivity contribution in [1.29, 1.82) is 0 Å². The van der Waals surface area contributed by atoms with Crippen LogP contribution in [0, 0.1) is 12.8 Å². The van der Waals surface area contributed by atoms with Crippen LogP contribution in [0.2, 0.25) is 10.0 Å². The van der Waals surface area contributed by atoms with Gasteiger partial charge in [-0.1, -0.05) is 37.0 Å². The van der Waals surface area contributed by atoms with E-state index in [4.69, 9.17) is 27.9 Å². The second-order valence-corrected chi connectivity index (χ2v) is 7.19. The summed E-state index contributed by atoms with van der Waals surface area (Å²) in [4.78, 5) is 25.7. The lowest BCUT2D eigenvalue weighted by molar-refractivity contribution is 0.161. The molecule has 1 aliphatic heterocycles. The Morgan fingerprint density at radius 3 is 2.50 bits per heavy atom. The van der Waals surface area contributed by atoms with Crippen molar-refractivity contribution in [2.24, 2.45) is 11.0 Å². The average Bonchev–Trinajstić information content (AvgIpc) is 2.62. The summed E-state index contributed by atoms with van der Waals surface area (Å²) in [5.41, 5.74) is 2.31. The zero-order valence-electron chi connectivity index (χ0n) is 15.2. The van der Waals surface area contributed by atoms with Gasteiger partial charge in [-0.15, -0.1) is 5.10 Å². The van der Waals surface area contributed by atoms with Crippen LogP contribution in [-0.2, 0) is 0 Å². The highest BCUT2D eigenvalue weighted by atomic mass is 35.5. The third-order valence-corrected chi connectivity index (χ3v) is 4.56. The Balaban J connectivity index is 1.97. The van der Waals surface area contributed by atoms with Crippen molar-refractivity contribution in [2.45, 2.75) is 27.0 Å². The second kappa shape index (κ2) is 7.78. The minimum absolute atomic E-state index is 0.0614. The molecule has 2 heterocycles. The summed E-state index contributed by atoms with van der Waals surface area (Å²) in [5, 5.41) is 18.0. The van der Waals surface area contributed by atoms with Gasteiger partial charge in [-0.25, -0.2) is 4.79 Å². The normalized spacial score (nSPS) is 16.5. The van der Waals surface area contributed by atoms with Gasteiger partial charge in [0.25, 0.3) is 5.56 Å². The average molecular weight is 426 g/mol. The van der Waals surface area contributed by atoms with Crippen molar-refractivity contribution in [3.8, 4) is 11.4 Å². The van der Waals surface area contributed by atoms with E-state index in [0.29, 0.717) is 5.57 Å². The number of hydrogen-bond donors (Lipinski definition) is 3. The van der Waals surface area contributed by atoms with Gasteiger partial charge in [0, 0.05) is 6.08 Å². The molecule has 3 N–H and O–H groups in total. The summed E-state index contributed by atoms with van der Waals surface area (Å²) < 4.78 is 6.66. The van der Waals surface area contributed by atoms with E-state index in [-0.39, 0.29) is 39.0 Å². The Morgan fingerprint density at radius 1 is 1.25 bits per heavy atom. The maximum Gasteiger partial charge on any atom is 0.349 e. The minimum atomic E-state index is -0.901. The molecule has 0 saturated carbocycles. The van der Waals surface area contributed by atoms with E-state index < -0.39 is 17.5 Å². The molecule has 1 atom stereocenters. The third kappa shape index (κ3) is 3.96. The lowest BCUT2D eigenvalue weighted by Crippen LogP contribution is -2.34. The quantitative estimate of drug-likeness (QED) is 0.688. The molecule has 0 radical (unpaired) electrons. The van der Waals surface area contributed by atoms with Crippen LogP contribution >= 0.6 is 23.2 Å². The van der Waals surface area contributed by atoms with E-state index in [2.05, 4.69) is 20.6 Å². The molecule has 0 aliphatic carbocycles. The molecular weight excluding hydrogens is 409 g/mol. The third-order valence-electron chi connectivity index (χ3n) is 4.00. The van der Waals surface area contributed by atoms with Crippen LogP contribution < -0.4 is 21.4 Å². The van der Waals surface area contributed by atoms with Gasteiger partial charge in [0.15, 0.2) is 12.0 Å². The number of benzene rings is 1. The monoisotopic (exact) mass is 425 g/mol. The molecular formula is C17H17Cl2N5O4. The predicted molar refractivity (Wildman–Crippen MR) is 105 cm³/mol. The van der Waals surface area contributed by atoms with Crippen LogP contribution in [0.15, 0.2) is 38.5 Å². The van der Waals surface area contributed by atoms with Gasteiger partial charge in [0.2, 0.25) is 5.90 Å². The summed E-state index contributed by atoms with van der Waals surface area (Å²) in [6, 6.07) is 2.85. The molecule has 2 aromatic rings. The van der Waals surface area contributed by atoms with Crippen molar-refractivity contribution in [2.75, 3.05) is 0 Å². The number of nitrogens with zero attached hydrogens (tertiary/aromatic N) is 3. The lowest BCUT2D eigenvalue weighted by atomic mass is 10.0. The van der Waals surface area contributed by atoms with Crippen LogP contribution in [0.1, 0.15) is 19.5 Å². The molecule has 1 aromatic heterocycles. The van der Waals surface area contributed by atoms with Gasteiger partial charge in [-0.2, -0.15) is 9.78 Å². The highest BCUT2D eigenvalue weighted by molar-refractivity contribution is 6.37. The number of nitrogens with one attached hydrogen (secondary N) is 2. The van der Waals surface area contributed by atoms with Gasteiger partial charge < -0.3 is 9.84 Å². The number of hydrazone groups is 1. The van der Waals surface area contributed by atoms with E-state index in [1.165, 1.54) is 19.1 Å². The van der Waals surface area contributed by atoms with Crippen LogP contribution in [0.5, 0.6) is 5.75 Å². The zero-order chi connectivity index (χ0) is 20.6. The minimum Gasteiger partial charge on any atom is -0.434 e. The Kier molecular flexibility index (Phi) is 5.59. The van der Waals surface area contributed by atoms with E-state index >= 15 is 0 Å². The lowest BCUT2D eigenvalue weighted by Gasteiger charge is -2.23. The number of aromatic nitrogens is 3. The van der Waals surface area contributed by atoms with Gasteiger partial charge in [0.1, 0.15) is 5.69 Å². The molecule has 9 nitrogen and oxygen atoms in total. The molecule has 11 heteroatoms. The number of aliphatic hydroxyl groups excluding tert-OH is 1. The van der Waals surface area contributed by atoms with Crippen molar-refractivity contribution in [1.82, 2.24) is 20.2 Å². The number of H-pyrrole nitrogens is 1. The number of rotatable bonds is 3. The molecule has 1 unspecified atom stereocenters. The van der Waals surface area contributed by atoms with Crippen molar-refractivity contribution in [3.05, 3.63) is 60.4 Å². The summed E-state index contributed by atoms with van der Waals surface area (Å²) in [6.45, 7) is 5.31. The summed E-state index contributed by atoms with van der Waals surface area (Å²) in [6.07, 6.45) is 0.700. The van der Waals surface area contributed by atoms with Crippen LogP contribution in [-0.4, -0.2) is 32.0 Å². The largest absolute Gasteiger partial charge is 0.434 e. The van der Waals surface area contributed by atoms with E-state index in [1.807, 2.05) is 13.8 Å². The first-order valence-corrected chi connectivity index (χ1v) is 9.03.